The number of hydrogen-bond acceptors (Lipinski definition) is 4. The second kappa shape index (κ2) is 6.52. The molecule has 0 spiro atoms. The van der Waals surface area contributed by atoms with E-state index in [2.05, 4.69) is 22.5 Å². The predicted molar refractivity (Wildman–Crippen MR) is 84.1 cm³/mol. The summed E-state index contributed by atoms with van der Waals surface area (Å²) in [5.74, 6) is -0.00372. The number of rotatable bonds is 5. The summed E-state index contributed by atoms with van der Waals surface area (Å²) in [5, 5.41) is 9.29. The van der Waals surface area contributed by atoms with Crippen molar-refractivity contribution in [2.75, 3.05) is 10.6 Å². The van der Waals surface area contributed by atoms with E-state index in [0.717, 1.165) is 16.4 Å². The van der Waals surface area contributed by atoms with Crippen LogP contribution in [0.4, 0.5) is 11.4 Å². The Labute approximate surface area is 123 Å². The fourth-order valence-electron chi connectivity index (χ4n) is 1.73. The van der Waals surface area contributed by atoms with Gasteiger partial charge in [-0.1, -0.05) is 19.9 Å². The monoisotopic (exact) mass is 289 g/mol. The van der Waals surface area contributed by atoms with E-state index in [-0.39, 0.29) is 17.9 Å². The Hall–Kier alpha value is -1.88. The Bertz CT molecular complexity index is 566. The van der Waals surface area contributed by atoms with Crippen LogP contribution in [0.1, 0.15) is 31.8 Å². The highest BCUT2D eigenvalue weighted by atomic mass is 32.1. The summed E-state index contributed by atoms with van der Waals surface area (Å²) in [4.78, 5) is 16.0. The molecule has 5 heteroatoms. The first-order chi connectivity index (χ1) is 9.56. The molecule has 1 atom stereocenters. The number of nitrogens with zero attached hydrogens (tertiary/aromatic N) is 1. The highest BCUT2D eigenvalue weighted by Crippen LogP contribution is 2.23. The van der Waals surface area contributed by atoms with Crippen molar-refractivity contribution in [3.8, 4) is 0 Å². The van der Waals surface area contributed by atoms with E-state index in [4.69, 9.17) is 0 Å². The van der Waals surface area contributed by atoms with Crippen molar-refractivity contribution in [1.29, 1.82) is 0 Å². The molecule has 20 heavy (non-hydrogen) atoms. The molecular weight excluding hydrogens is 270 g/mol. The zero-order valence-corrected chi connectivity index (χ0v) is 12.7. The molecule has 0 saturated carbocycles. The Morgan fingerprint density at radius 1 is 1.25 bits per heavy atom. The van der Waals surface area contributed by atoms with E-state index in [1.165, 1.54) is 0 Å². The Balaban J connectivity index is 2.04. The Morgan fingerprint density at radius 3 is 2.65 bits per heavy atom. The van der Waals surface area contributed by atoms with Crippen LogP contribution in [-0.2, 0) is 4.79 Å². The van der Waals surface area contributed by atoms with Gasteiger partial charge in [0.25, 0.3) is 0 Å². The molecule has 0 aliphatic carbocycles. The average Bonchev–Trinajstić information content (AvgIpc) is 2.92. The first kappa shape index (κ1) is 14.5. The van der Waals surface area contributed by atoms with Gasteiger partial charge in [-0.2, -0.15) is 0 Å². The van der Waals surface area contributed by atoms with E-state index in [0.29, 0.717) is 0 Å². The van der Waals surface area contributed by atoms with Crippen molar-refractivity contribution in [3.05, 3.63) is 40.8 Å². The van der Waals surface area contributed by atoms with Gasteiger partial charge in [-0.15, -0.1) is 11.3 Å². The lowest BCUT2D eigenvalue weighted by atomic mass is 10.2. The zero-order valence-electron chi connectivity index (χ0n) is 11.9. The normalized spacial score (nSPS) is 12.2. The molecule has 0 saturated heterocycles. The van der Waals surface area contributed by atoms with Crippen molar-refractivity contribution in [2.24, 2.45) is 5.92 Å². The van der Waals surface area contributed by atoms with Crippen molar-refractivity contribution >= 4 is 28.6 Å². The second-order valence-corrected chi connectivity index (χ2v) is 5.89. The molecule has 0 fully saturated rings. The maximum atomic E-state index is 11.7. The Kier molecular flexibility index (Phi) is 4.74. The second-order valence-electron chi connectivity index (χ2n) is 4.96. The van der Waals surface area contributed by atoms with Crippen molar-refractivity contribution < 1.29 is 4.79 Å². The predicted octanol–water partition coefficient (Wildman–Crippen LogP) is 3.91. The van der Waals surface area contributed by atoms with E-state index < -0.39 is 0 Å². The number of nitrogens with one attached hydrogen (secondary N) is 2. The lowest BCUT2D eigenvalue weighted by Gasteiger charge is -2.14. The molecule has 1 aromatic carbocycles. The lowest BCUT2D eigenvalue weighted by Crippen LogP contribution is -2.17. The van der Waals surface area contributed by atoms with Crippen LogP contribution in [0.5, 0.6) is 0 Å². The molecule has 2 rings (SSSR count). The van der Waals surface area contributed by atoms with Crippen LogP contribution < -0.4 is 10.6 Å². The smallest absolute Gasteiger partial charge is 0.226 e. The summed E-state index contributed by atoms with van der Waals surface area (Å²) < 4.78 is 0. The number of carbonyl (C=O) groups is 1. The topological polar surface area (TPSA) is 54.0 Å². The summed E-state index contributed by atoms with van der Waals surface area (Å²) >= 11 is 1.63. The van der Waals surface area contributed by atoms with Crippen molar-refractivity contribution in [3.63, 3.8) is 0 Å². The summed E-state index contributed by atoms with van der Waals surface area (Å²) in [7, 11) is 0. The average molecular weight is 289 g/mol. The molecule has 0 bridgehead atoms. The largest absolute Gasteiger partial charge is 0.376 e. The molecule has 0 radical (unpaired) electrons. The van der Waals surface area contributed by atoms with Gasteiger partial charge in [0.2, 0.25) is 5.91 Å². The number of amides is 1. The number of hydrogen-bond donors (Lipinski definition) is 2. The summed E-state index contributed by atoms with van der Waals surface area (Å²) in [6, 6.07) is 7.87. The van der Waals surface area contributed by atoms with Crippen molar-refractivity contribution in [2.45, 2.75) is 26.8 Å². The quantitative estimate of drug-likeness (QED) is 0.877. The molecule has 1 unspecified atom stereocenters. The van der Waals surface area contributed by atoms with E-state index in [9.17, 15) is 4.79 Å². The third-order valence-corrected chi connectivity index (χ3v) is 3.82. The molecule has 2 aromatic rings. The third-order valence-electron chi connectivity index (χ3n) is 2.86. The van der Waals surface area contributed by atoms with Crippen LogP contribution in [0.25, 0.3) is 0 Å². The molecule has 1 amide bonds. The van der Waals surface area contributed by atoms with Crippen LogP contribution in [0.2, 0.25) is 0 Å². The molecule has 4 nitrogen and oxygen atoms in total. The van der Waals surface area contributed by atoms with Crippen molar-refractivity contribution in [1.82, 2.24) is 4.98 Å². The van der Waals surface area contributed by atoms with E-state index in [1.54, 1.807) is 17.5 Å². The van der Waals surface area contributed by atoms with Gasteiger partial charge in [-0.25, -0.2) is 4.98 Å². The van der Waals surface area contributed by atoms with Crippen LogP contribution in [0.3, 0.4) is 0 Å². The fourth-order valence-corrected chi connectivity index (χ4v) is 2.38. The molecule has 0 aliphatic rings. The lowest BCUT2D eigenvalue weighted by molar-refractivity contribution is -0.118. The van der Waals surface area contributed by atoms with Gasteiger partial charge in [0.15, 0.2) is 0 Å². The number of carbonyl (C=O) groups excluding carboxylic acids is 1. The summed E-state index contributed by atoms with van der Waals surface area (Å²) in [5.41, 5.74) is 1.77. The number of thiazole rings is 1. The van der Waals surface area contributed by atoms with Crippen LogP contribution in [-0.4, -0.2) is 10.9 Å². The molecular formula is C15H19N3OS. The summed E-state index contributed by atoms with van der Waals surface area (Å²) in [6.07, 6.45) is 1.80. The summed E-state index contributed by atoms with van der Waals surface area (Å²) in [6.45, 7) is 5.82. The van der Waals surface area contributed by atoms with Gasteiger partial charge in [-0.05, 0) is 25.1 Å². The van der Waals surface area contributed by atoms with Crippen LogP contribution >= 0.6 is 11.3 Å². The van der Waals surface area contributed by atoms with Gasteiger partial charge < -0.3 is 10.6 Å². The van der Waals surface area contributed by atoms with Gasteiger partial charge >= 0.3 is 0 Å². The standard InChI is InChI=1S/C15H19N3OS/c1-10(2)14(19)18-13-6-4-5-12(9-13)17-11(3)15-16-7-8-20-15/h4-11,17H,1-3H3,(H,18,19). The van der Waals surface area contributed by atoms with Crippen LogP contribution in [0.15, 0.2) is 35.8 Å². The minimum atomic E-state index is -0.0270. The molecule has 2 N–H and O–H groups in total. The minimum absolute atomic E-state index is 0.0233. The SMILES string of the molecule is CC(C)C(=O)Nc1cccc(NC(C)c2nccs2)c1. The molecule has 0 aliphatic heterocycles. The molecule has 106 valence electrons. The zero-order chi connectivity index (χ0) is 14.5. The van der Waals surface area contributed by atoms with Gasteiger partial charge in [0.1, 0.15) is 5.01 Å². The minimum Gasteiger partial charge on any atom is -0.376 e. The molecule has 1 aromatic heterocycles. The van der Waals surface area contributed by atoms with Gasteiger partial charge in [-0.3, -0.25) is 4.79 Å². The number of aromatic nitrogens is 1. The third kappa shape index (κ3) is 3.81. The number of benzene rings is 1. The fraction of sp³-hybridized carbons (Fsp3) is 0.333. The maximum absolute atomic E-state index is 11.7. The van der Waals surface area contributed by atoms with Gasteiger partial charge in [0.05, 0.1) is 6.04 Å². The van der Waals surface area contributed by atoms with Gasteiger partial charge in [0, 0.05) is 28.9 Å². The molecule has 1 heterocycles. The number of anilines is 2. The highest BCUT2D eigenvalue weighted by Gasteiger charge is 2.09. The Morgan fingerprint density at radius 2 is 2.00 bits per heavy atom. The first-order valence-corrected chi connectivity index (χ1v) is 7.51. The maximum Gasteiger partial charge on any atom is 0.226 e. The van der Waals surface area contributed by atoms with E-state index >= 15 is 0 Å². The first-order valence-electron chi connectivity index (χ1n) is 6.63. The van der Waals surface area contributed by atoms with Crippen LogP contribution in [0, 0.1) is 5.92 Å². The highest BCUT2D eigenvalue weighted by molar-refractivity contribution is 7.09. The van der Waals surface area contributed by atoms with E-state index in [1.807, 2.05) is 43.5 Å².